The first-order valence-electron chi connectivity index (χ1n) is 6.60. The molecule has 106 valence electrons. The number of benzene rings is 1. The van der Waals surface area contributed by atoms with Gasteiger partial charge in [-0.2, -0.15) is 0 Å². The van der Waals surface area contributed by atoms with E-state index in [1.54, 1.807) is 6.07 Å². The molecule has 3 aromatic rings. The van der Waals surface area contributed by atoms with Crippen molar-refractivity contribution in [3.63, 3.8) is 0 Å². The average Bonchev–Trinajstić information content (AvgIpc) is 2.87. The number of amides is 1. The smallest absolute Gasteiger partial charge is 0.252 e. The predicted octanol–water partition coefficient (Wildman–Crippen LogP) is 3.34. The van der Waals surface area contributed by atoms with E-state index in [4.69, 9.17) is 0 Å². The number of aryl methyl sites for hydroxylation is 1. The second kappa shape index (κ2) is 5.69. The van der Waals surface area contributed by atoms with Crippen LogP contribution in [0.15, 0.2) is 53.3 Å². The molecule has 3 rings (SSSR count). The number of nitrogens with zero attached hydrogens (tertiary/aromatic N) is 2. The van der Waals surface area contributed by atoms with Gasteiger partial charge in [0.05, 0.1) is 17.8 Å². The molecule has 2 aromatic heterocycles. The highest BCUT2D eigenvalue weighted by molar-refractivity contribution is 9.10. The Balaban J connectivity index is 1.74. The lowest BCUT2D eigenvalue weighted by atomic mass is 10.2. The van der Waals surface area contributed by atoms with Crippen LogP contribution in [0.1, 0.15) is 21.6 Å². The van der Waals surface area contributed by atoms with E-state index in [0.29, 0.717) is 12.1 Å². The first-order chi connectivity index (χ1) is 10.1. The van der Waals surface area contributed by atoms with Gasteiger partial charge in [0.25, 0.3) is 5.91 Å². The Morgan fingerprint density at radius 1 is 1.33 bits per heavy atom. The SMILES string of the molecule is Cc1ccn2cc(CNC(=O)c3ccccc3Br)nc2c1. The van der Waals surface area contributed by atoms with Crippen molar-refractivity contribution in [2.24, 2.45) is 0 Å². The van der Waals surface area contributed by atoms with Gasteiger partial charge in [-0.3, -0.25) is 4.79 Å². The van der Waals surface area contributed by atoms with Gasteiger partial charge in [0.15, 0.2) is 0 Å². The van der Waals surface area contributed by atoms with E-state index in [0.717, 1.165) is 21.4 Å². The number of rotatable bonds is 3. The van der Waals surface area contributed by atoms with E-state index >= 15 is 0 Å². The standard InChI is InChI=1S/C16H14BrN3O/c1-11-6-7-20-10-12(19-15(20)8-11)9-18-16(21)13-4-2-3-5-14(13)17/h2-8,10H,9H2,1H3,(H,18,21). The zero-order chi connectivity index (χ0) is 14.8. The number of hydrogen-bond donors (Lipinski definition) is 1. The fraction of sp³-hybridized carbons (Fsp3) is 0.125. The minimum Gasteiger partial charge on any atom is -0.346 e. The maximum atomic E-state index is 12.1. The Hall–Kier alpha value is -2.14. The van der Waals surface area contributed by atoms with Crippen molar-refractivity contribution in [3.8, 4) is 0 Å². The molecule has 21 heavy (non-hydrogen) atoms. The van der Waals surface area contributed by atoms with Crippen LogP contribution in [-0.4, -0.2) is 15.3 Å². The zero-order valence-electron chi connectivity index (χ0n) is 11.5. The number of pyridine rings is 1. The van der Waals surface area contributed by atoms with Crippen LogP contribution in [0.5, 0.6) is 0 Å². The molecule has 0 aliphatic carbocycles. The molecule has 4 nitrogen and oxygen atoms in total. The number of aromatic nitrogens is 2. The van der Waals surface area contributed by atoms with Gasteiger partial charge in [-0.05, 0) is 52.7 Å². The fourth-order valence-corrected chi connectivity index (χ4v) is 2.60. The van der Waals surface area contributed by atoms with E-state index in [1.807, 2.05) is 54.0 Å². The van der Waals surface area contributed by atoms with E-state index in [2.05, 4.69) is 26.2 Å². The third-order valence-electron chi connectivity index (χ3n) is 3.21. The quantitative estimate of drug-likeness (QED) is 0.792. The molecule has 1 amide bonds. The summed E-state index contributed by atoms with van der Waals surface area (Å²) < 4.78 is 2.74. The minimum absolute atomic E-state index is 0.115. The molecule has 0 radical (unpaired) electrons. The maximum absolute atomic E-state index is 12.1. The highest BCUT2D eigenvalue weighted by atomic mass is 79.9. The molecule has 0 spiro atoms. The molecule has 2 heterocycles. The second-order valence-electron chi connectivity index (χ2n) is 4.86. The van der Waals surface area contributed by atoms with Gasteiger partial charge in [0.2, 0.25) is 0 Å². The van der Waals surface area contributed by atoms with Crippen molar-refractivity contribution in [2.45, 2.75) is 13.5 Å². The molecule has 0 unspecified atom stereocenters. The van der Waals surface area contributed by atoms with E-state index in [9.17, 15) is 4.79 Å². The number of halogens is 1. The number of carbonyl (C=O) groups excluding carboxylic acids is 1. The van der Waals surface area contributed by atoms with Gasteiger partial charge < -0.3 is 9.72 Å². The Morgan fingerprint density at radius 2 is 2.14 bits per heavy atom. The first kappa shape index (κ1) is 13.8. The monoisotopic (exact) mass is 343 g/mol. The molecule has 0 saturated carbocycles. The van der Waals surface area contributed by atoms with Crippen molar-refractivity contribution in [3.05, 3.63) is 70.1 Å². The van der Waals surface area contributed by atoms with Gasteiger partial charge in [0, 0.05) is 16.9 Å². The molecule has 1 N–H and O–H groups in total. The predicted molar refractivity (Wildman–Crippen MR) is 85.2 cm³/mol. The normalized spacial score (nSPS) is 10.8. The molecule has 5 heteroatoms. The number of imidazole rings is 1. The molecule has 0 atom stereocenters. The lowest BCUT2D eigenvalue weighted by Gasteiger charge is -2.04. The third-order valence-corrected chi connectivity index (χ3v) is 3.91. The Morgan fingerprint density at radius 3 is 2.95 bits per heavy atom. The summed E-state index contributed by atoms with van der Waals surface area (Å²) in [7, 11) is 0. The fourth-order valence-electron chi connectivity index (χ4n) is 2.13. The summed E-state index contributed by atoms with van der Waals surface area (Å²) in [5.74, 6) is -0.115. The molecular weight excluding hydrogens is 330 g/mol. The van der Waals surface area contributed by atoms with E-state index in [1.165, 1.54) is 0 Å². The first-order valence-corrected chi connectivity index (χ1v) is 7.40. The van der Waals surface area contributed by atoms with Gasteiger partial charge >= 0.3 is 0 Å². The van der Waals surface area contributed by atoms with Crippen LogP contribution in [0, 0.1) is 6.92 Å². The summed E-state index contributed by atoms with van der Waals surface area (Å²) in [5.41, 5.74) is 3.51. The highest BCUT2D eigenvalue weighted by Crippen LogP contribution is 2.15. The summed E-state index contributed by atoms with van der Waals surface area (Å²) in [6.45, 7) is 2.43. The zero-order valence-corrected chi connectivity index (χ0v) is 13.1. The van der Waals surface area contributed by atoms with Crippen molar-refractivity contribution in [1.82, 2.24) is 14.7 Å². The van der Waals surface area contributed by atoms with Crippen LogP contribution in [-0.2, 0) is 6.54 Å². The number of nitrogens with one attached hydrogen (secondary N) is 1. The maximum Gasteiger partial charge on any atom is 0.252 e. The highest BCUT2D eigenvalue weighted by Gasteiger charge is 2.09. The van der Waals surface area contributed by atoms with Crippen molar-refractivity contribution < 1.29 is 4.79 Å². The van der Waals surface area contributed by atoms with Crippen LogP contribution in [0.3, 0.4) is 0 Å². The van der Waals surface area contributed by atoms with Crippen LogP contribution < -0.4 is 5.32 Å². The van der Waals surface area contributed by atoms with E-state index in [-0.39, 0.29) is 5.91 Å². The summed E-state index contributed by atoms with van der Waals surface area (Å²) in [4.78, 5) is 16.6. The summed E-state index contributed by atoms with van der Waals surface area (Å²) >= 11 is 3.38. The van der Waals surface area contributed by atoms with Crippen LogP contribution in [0.4, 0.5) is 0 Å². The van der Waals surface area contributed by atoms with Crippen LogP contribution >= 0.6 is 15.9 Å². The molecule has 0 bridgehead atoms. The Kier molecular flexibility index (Phi) is 3.75. The summed E-state index contributed by atoms with van der Waals surface area (Å²) in [6.07, 6.45) is 3.89. The van der Waals surface area contributed by atoms with Crippen molar-refractivity contribution >= 4 is 27.5 Å². The molecular formula is C16H14BrN3O. The second-order valence-corrected chi connectivity index (χ2v) is 5.72. The number of carbonyl (C=O) groups is 1. The summed E-state index contributed by atoms with van der Waals surface area (Å²) in [6, 6.07) is 11.4. The average molecular weight is 344 g/mol. The molecule has 1 aromatic carbocycles. The van der Waals surface area contributed by atoms with E-state index < -0.39 is 0 Å². The van der Waals surface area contributed by atoms with Gasteiger partial charge in [-0.1, -0.05) is 12.1 Å². The Bertz CT molecular complexity index is 810. The lowest BCUT2D eigenvalue weighted by Crippen LogP contribution is -2.23. The Labute approximate surface area is 131 Å². The third kappa shape index (κ3) is 2.97. The minimum atomic E-state index is -0.115. The van der Waals surface area contributed by atoms with Gasteiger partial charge in [-0.25, -0.2) is 4.98 Å². The van der Waals surface area contributed by atoms with Crippen LogP contribution in [0.2, 0.25) is 0 Å². The lowest BCUT2D eigenvalue weighted by molar-refractivity contribution is 0.0949. The molecule has 0 aliphatic heterocycles. The van der Waals surface area contributed by atoms with Crippen molar-refractivity contribution in [1.29, 1.82) is 0 Å². The largest absolute Gasteiger partial charge is 0.346 e. The number of fused-ring (bicyclic) bond motifs is 1. The van der Waals surface area contributed by atoms with Gasteiger partial charge in [-0.15, -0.1) is 0 Å². The van der Waals surface area contributed by atoms with Crippen molar-refractivity contribution in [2.75, 3.05) is 0 Å². The molecule has 0 fully saturated rings. The van der Waals surface area contributed by atoms with Crippen LogP contribution in [0.25, 0.3) is 5.65 Å². The molecule has 0 aliphatic rings. The summed E-state index contributed by atoms with van der Waals surface area (Å²) in [5, 5.41) is 2.89. The number of hydrogen-bond acceptors (Lipinski definition) is 2. The molecule has 0 saturated heterocycles. The topological polar surface area (TPSA) is 46.4 Å². The van der Waals surface area contributed by atoms with Gasteiger partial charge in [0.1, 0.15) is 5.65 Å².